The van der Waals surface area contributed by atoms with Gasteiger partial charge in [0.25, 0.3) is 5.91 Å². The van der Waals surface area contributed by atoms with Crippen molar-refractivity contribution in [2.24, 2.45) is 5.92 Å². The van der Waals surface area contributed by atoms with Crippen molar-refractivity contribution < 1.29 is 14.7 Å². The Hall–Kier alpha value is -2.31. The molecule has 0 saturated heterocycles. The summed E-state index contributed by atoms with van der Waals surface area (Å²) in [6.45, 7) is 1.24. The summed E-state index contributed by atoms with van der Waals surface area (Å²) < 4.78 is 0. The Morgan fingerprint density at radius 2 is 1.91 bits per heavy atom. The molecule has 1 aromatic heterocycles. The van der Waals surface area contributed by atoms with E-state index in [1.54, 1.807) is 18.3 Å². The number of carbonyl (C=O) groups excluding carboxylic acids is 1. The fourth-order valence-electron chi connectivity index (χ4n) is 2.80. The Bertz CT molecular complexity index is 530. The number of amides is 2. The second-order valence-electron chi connectivity index (χ2n) is 5.77. The predicted octanol–water partition coefficient (Wildman–Crippen LogP) is 2.07. The molecule has 7 nitrogen and oxygen atoms in total. The lowest BCUT2D eigenvalue weighted by Gasteiger charge is -2.22. The van der Waals surface area contributed by atoms with E-state index in [9.17, 15) is 9.59 Å². The van der Waals surface area contributed by atoms with E-state index in [-0.39, 0.29) is 19.0 Å². The summed E-state index contributed by atoms with van der Waals surface area (Å²) >= 11 is 0. The number of pyridine rings is 1. The van der Waals surface area contributed by atoms with E-state index in [4.69, 9.17) is 5.11 Å². The van der Waals surface area contributed by atoms with Crippen molar-refractivity contribution in [3.63, 3.8) is 0 Å². The van der Waals surface area contributed by atoms with Crippen molar-refractivity contribution in [2.45, 2.75) is 32.1 Å². The maximum Gasteiger partial charge on any atom is 0.404 e. The first kappa shape index (κ1) is 17.1. The van der Waals surface area contributed by atoms with Crippen molar-refractivity contribution in [3.05, 3.63) is 23.9 Å². The summed E-state index contributed by atoms with van der Waals surface area (Å²) in [5, 5.41) is 16.7. The molecular weight excluding hydrogens is 296 g/mol. The summed E-state index contributed by atoms with van der Waals surface area (Å²) in [6.07, 6.45) is 6.88. The molecule has 0 unspecified atom stereocenters. The molecule has 0 aliphatic heterocycles. The van der Waals surface area contributed by atoms with Crippen LogP contribution < -0.4 is 16.0 Å². The van der Waals surface area contributed by atoms with E-state index in [1.807, 2.05) is 0 Å². The molecule has 7 heteroatoms. The molecule has 0 atom stereocenters. The average Bonchev–Trinajstić information content (AvgIpc) is 2.58. The first-order valence-corrected chi connectivity index (χ1v) is 8.10. The number of carboxylic acid groups (broad SMARTS) is 1. The second-order valence-corrected chi connectivity index (χ2v) is 5.77. The van der Waals surface area contributed by atoms with Crippen LogP contribution in [0.15, 0.2) is 18.3 Å². The minimum atomic E-state index is -1.10. The zero-order valence-electron chi connectivity index (χ0n) is 13.2. The molecule has 1 aromatic rings. The molecule has 2 rings (SSSR count). The van der Waals surface area contributed by atoms with Crippen LogP contribution in [-0.4, -0.2) is 41.7 Å². The molecule has 0 bridgehead atoms. The van der Waals surface area contributed by atoms with Crippen LogP contribution in [0.25, 0.3) is 0 Å². The summed E-state index contributed by atoms with van der Waals surface area (Å²) in [5.74, 6) is 0.972. The lowest BCUT2D eigenvalue weighted by atomic mass is 9.89. The zero-order valence-corrected chi connectivity index (χ0v) is 13.2. The number of aromatic nitrogens is 1. The van der Waals surface area contributed by atoms with Crippen LogP contribution in [0.2, 0.25) is 0 Å². The van der Waals surface area contributed by atoms with E-state index in [2.05, 4.69) is 20.9 Å². The van der Waals surface area contributed by atoms with Crippen LogP contribution in [0.1, 0.15) is 42.5 Å². The van der Waals surface area contributed by atoms with Gasteiger partial charge in [0.05, 0.1) is 5.56 Å². The molecule has 1 aliphatic rings. The minimum absolute atomic E-state index is 0.173. The Balaban J connectivity index is 1.85. The Labute approximate surface area is 135 Å². The van der Waals surface area contributed by atoms with Crippen LogP contribution in [0.4, 0.5) is 10.6 Å². The first-order chi connectivity index (χ1) is 11.2. The lowest BCUT2D eigenvalue weighted by Crippen LogP contribution is -2.34. The average molecular weight is 320 g/mol. The van der Waals surface area contributed by atoms with Crippen LogP contribution in [0.5, 0.6) is 0 Å². The molecule has 0 radical (unpaired) electrons. The van der Waals surface area contributed by atoms with E-state index in [0.29, 0.717) is 17.3 Å². The summed E-state index contributed by atoms with van der Waals surface area (Å²) in [6, 6.07) is 3.44. The topological polar surface area (TPSA) is 103 Å². The van der Waals surface area contributed by atoms with Gasteiger partial charge in [0.1, 0.15) is 5.82 Å². The highest BCUT2D eigenvalue weighted by atomic mass is 16.4. The Morgan fingerprint density at radius 1 is 1.17 bits per heavy atom. The fraction of sp³-hybridized carbons (Fsp3) is 0.562. The molecule has 1 saturated carbocycles. The van der Waals surface area contributed by atoms with Gasteiger partial charge >= 0.3 is 6.09 Å². The van der Waals surface area contributed by atoms with E-state index in [0.717, 1.165) is 6.54 Å². The number of anilines is 1. The third-order valence-corrected chi connectivity index (χ3v) is 4.02. The van der Waals surface area contributed by atoms with Crippen LogP contribution in [0, 0.1) is 5.92 Å². The van der Waals surface area contributed by atoms with Gasteiger partial charge in [-0.1, -0.05) is 19.3 Å². The van der Waals surface area contributed by atoms with Crippen LogP contribution in [0.3, 0.4) is 0 Å². The van der Waals surface area contributed by atoms with Gasteiger partial charge in [-0.15, -0.1) is 0 Å². The van der Waals surface area contributed by atoms with Crippen LogP contribution in [-0.2, 0) is 0 Å². The SMILES string of the molecule is O=C(O)NCCNC(=O)c1cccnc1NCC1CCCCC1. The van der Waals surface area contributed by atoms with Crippen molar-refractivity contribution in [2.75, 3.05) is 25.0 Å². The number of hydrogen-bond acceptors (Lipinski definition) is 4. The van der Waals surface area contributed by atoms with Gasteiger partial charge in [-0.3, -0.25) is 4.79 Å². The molecule has 4 N–H and O–H groups in total. The van der Waals surface area contributed by atoms with E-state index < -0.39 is 6.09 Å². The molecule has 1 heterocycles. The second kappa shape index (κ2) is 8.97. The van der Waals surface area contributed by atoms with Gasteiger partial charge in [-0.25, -0.2) is 9.78 Å². The molecule has 2 amide bonds. The Kier molecular flexibility index (Phi) is 6.65. The van der Waals surface area contributed by atoms with Gasteiger partial charge in [0, 0.05) is 25.8 Å². The fourth-order valence-corrected chi connectivity index (χ4v) is 2.80. The largest absolute Gasteiger partial charge is 0.465 e. The van der Waals surface area contributed by atoms with Gasteiger partial charge in [0.15, 0.2) is 0 Å². The van der Waals surface area contributed by atoms with E-state index in [1.165, 1.54) is 32.1 Å². The third-order valence-electron chi connectivity index (χ3n) is 4.02. The minimum Gasteiger partial charge on any atom is -0.465 e. The molecule has 0 aromatic carbocycles. The number of hydrogen-bond donors (Lipinski definition) is 4. The van der Waals surface area contributed by atoms with Crippen LogP contribution >= 0.6 is 0 Å². The number of rotatable bonds is 7. The first-order valence-electron chi connectivity index (χ1n) is 8.10. The standard InChI is InChI=1S/C16H24N4O3/c21-15(18-9-10-19-16(22)23)13-7-4-8-17-14(13)20-11-12-5-2-1-3-6-12/h4,7-8,12,19H,1-3,5-6,9-11H2,(H,17,20)(H,18,21)(H,22,23). The number of nitrogens with zero attached hydrogens (tertiary/aromatic N) is 1. The molecule has 0 spiro atoms. The van der Waals surface area contributed by atoms with Crippen molar-refractivity contribution >= 4 is 17.8 Å². The van der Waals surface area contributed by atoms with Crippen molar-refractivity contribution in [3.8, 4) is 0 Å². The van der Waals surface area contributed by atoms with Gasteiger partial charge in [-0.05, 0) is 30.9 Å². The number of carbonyl (C=O) groups is 2. The maximum absolute atomic E-state index is 12.2. The maximum atomic E-state index is 12.2. The normalized spacial score (nSPS) is 15.0. The smallest absolute Gasteiger partial charge is 0.404 e. The summed E-state index contributed by atoms with van der Waals surface area (Å²) in [5.41, 5.74) is 0.485. The lowest BCUT2D eigenvalue weighted by molar-refractivity contribution is 0.0953. The monoisotopic (exact) mass is 320 g/mol. The number of nitrogens with one attached hydrogen (secondary N) is 3. The molecule has 1 aliphatic carbocycles. The Morgan fingerprint density at radius 3 is 2.65 bits per heavy atom. The quantitative estimate of drug-likeness (QED) is 0.576. The molecule has 126 valence electrons. The summed E-state index contributed by atoms with van der Waals surface area (Å²) in [7, 11) is 0. The summed E-state index contributed by atoms with van der Waals surface area (Å²) in [4.78, 5) is 26.8. The molecule has 1 fully saturated rings. The van der Waals surface area contributed by atoms with Gasteiger partial charge in [0.2, 0.25) is 0 Å². The van der Waals surface area contributed by atoms with Gasteiger partial charge in [-0.2, -0.15) is 0 Å². The highest BCUT2D eigenvalue weighted by Crippen LogP contribution is 2.24. The van der Waals surface area contributed by atoms with Crippen molar-refractivity contribution in [1.82, 2.24) is 15.6 Å². The van der Waals surface area contributed by atoms with Gasteiger partial charge < -0.3 is 21.1 Å². The third kappa shape index (κ3) is 5.77. The highest BCUT2D eigenvalue weighted by Gasteiger charge is 2.16. The molecule has 23 heavy (non-hydrogen) atoms. The predicted molar refractivity (Wildman–Crippen MR) is 87.7 cm³/mol. The zero-order chi connectivity index (χ0) is 16.5. The molecular formula is C16H24N4O3. The van der Waals surface area contributed by atoms with E-state index >= 15 is 0 Å². The highest BCUT2D eigenvalue weighted by molar-refractivity contribution is 5.98. The van der Waals surface area contributed by atoms with Crippen molar-refractivity contribution in [1.29, 1.82) is 0 Å².